The molecule has 0 radical (unpaired) electrons. The zero-order valence-electron chi connectivity index (χ0n) is 7.71. The van der Waals surface area contributed by atoms with Crippen LogP contribution in [0.4, 0.5) is 4.39 Å². The minimum atomic E-state index is -0.249. The molecule has 3 heteroatoms. The van der Waals surface area contributed by atoms with Gasteiger partial charge in [-0.3, -0.25) is 4.79 Å². The molecule has 0 aliphatic rings. The molecule has 0 bridgehead atoms. The zero-order valence-corrected chi connectivity index (χ0v) is 8.53. The Morgan fingerprint density at radius 2 is 2.29 bits per heavy atom. The van der Waals surface area contributed by atoms with Crippen molar-refractivity contribution in [1.82, 2.24) is 0 Å². The summed E-state index contributed by atoms with van der Waals surface area (Å²) < 4.78 is 14.0. The number of carbonyl (C=O) groups excluding carboxylic acids is 1. The second kappa shape index (κ2) is 3.50. The van der Waals surface area contributed by atoms with Crippen LogP contribution in [0.3, 0.4) is 0 Å². The number of hydrogen-bond acceptors (Lipinski definition) is 2. The van der Waals surface area contributed by atoms with E-state index in [2.05, 4.69) is 0 Å². The first-order valence-electron chi connectivity index (χ1n) is 4.32. The normalized spacial score (nSPS) is 10.7. The van der Waals surface area contributed by atoms with Crippen molar-refractivity contribution in [2.24, 2.45) is 0 Å². The molecule has 2 aromatic rings. The summed E-state index contributed by atoms with van der Waals surface area (Å²) in [5, 5.41) is 2.79. The lowest BCUT2D eigenvalue weighted by atomic mass is 10.1. The molecule has 0 N–H and O–H groups in total. The fourth-order valence-corrected chi connectivity index (χ4v) is 2.40. The van der Waals surface area contributed by atoms with Crippen molar-refractivity contribution in [2.45, 2.75) is 13.3 Å². The maximum atomic E-state index is 13.0. The number of benzene rings is 1. The van der Waals surface area contributed by atoms with E-state index in [0.29, 0.717) is 6.42 Å². The van der Waals surface area contributed by atoms with E-state index in [0.717, 1.165) is 15.6 Å². The van der Waals surface area contributed by atoms with Crippen LogP contribution in [-0.4, -0.2) is 5.78 Å². The van der Waals surface area contributed by atoms with Crippen molar-refractivity contribution in [2.75, 3.05) is 0 Å². The fraction of sp³-hybridized carbons (Fsp3) is 0.182. The molecule has 2 rings (SSSR count). The molecule has 1 aromatic carbocycles. The van der Waals surface area contributed by atoms with Gasteiger partial charge in [0.1, 0.15) is 11.6 Å². The molecular weight excluding hydrogens is 199 g/mol. The fourth-order valence-electron chi connectivity index (χ4n) is 1.46. The topological polar surface area (TPSA) is 17.1 Å². The van der Waals surface area contributed by atoms with Gasteiger partial charge in [0.25, 0.3) is 0 Å². The molecule has 1 aromatic heterocycles. The molecule has 1 heterocycles. The quantitative estimate of drug-likeness (QED) is 0.740. The zero-order chi connectivity index (χ0) is 10.1. The van der Waals surface area contributed by atoms with Crippen molar-refractivity contribution >= 4 is 27.2 Å². The van der Waals surface area contributed by atoms with Gasteiger partial charge in [-0.25, -0.2) is 4.39 Å². The lowest BCUT2D eigenvalue weighted by Gasteiger charge is -1.95. The highest BCUT2D eigenvalue weighted by atomic mass is 32.1. The number of fused-ring (bicyclic) bond motifs is 1. The molecule has 0 unspecified atom stereocenters. The standard InChI is InChI=1S/C11H9FOS/c1-7(13)4-8-6-14-11-3-2-9(12)5-10(8)11/h2-3,5-6H,4H2,1H3. The minimum Gasteiger partial charge on any atom is -0.300 e. The third-order valence-electron chi connectivity index (χ3n) is 2.06. The number of halogens is 1. The Bertz CT molecular complexity index is 487. The highest BCUT2D eigenvalue weighted by molar-refractivity contribution is 7.17. The van der Waals surface area contributed by atoms with Gasteiger partial charge in [0, 0.05) is 11.1 Å². The van der Waals surface area contributed by atoms with Gasteiger partial charge in [-0.05, 0) is 41.5 Å². The molecule has 0 spiro atoms. The van der Waals surface area contributed by atoms with E-state index in [4.69, 9.17) is 0 Å². The van der Waals surface area contributed by atoms with Gasteiger partial charge in [0.2, 0.25) is 0 Å². The Kier molecular flexibility index (Phi) is 2.33. The average Bonchev–Trinajstić information content (AvgIpc) is 2.47. The molecular formula is C11H9FOS. The van der Waals surface area contributed by atoms with E-state index in [1.165, 1.54) is 12.1 Å². The molecule has 0 saturated heterocycles. The van der Waals surface area contributed by atoms with E-state index < -0.39 is 0 Å². The molecule has 0 aliphatic heterocycles. The van der Waals surface area contributed by atoms with E-state index in [1.807, 2.05) is 5.38 Å². The van der Waals surface area contributed by atoms with Crippen molar-refractivity contribution in [3.63, 3.8) is 0 Å². The predicted octanol–water partition coefficient (Wildman–Crippen LogP) is 3.17. The summed E-state index contributed by atoms with van der Waals surface area (Å²) >= 11 is 1.55. The lowest BCUT2D eigenvalue weighted by molar-refractivity contribution is -0.116. The van der Waals surface area contributed by atoms with E-state index in [9.17, 15) is 9.18 Å². The number of carbonyl (C=O) groups is 1. The number of Topliss-reactive ketones (excluding diaryl/α,β-unsaturated/α-hetero) is 1. The summed E-state index contributed by atoms with van der Waals surface area (Å²) in [4.78, 5) is 11.0. The van der Waals surface area contributed by atoms with Gasteiger partial charge in [0.15, 0.2) is 0 Å². The number of thiophene rings is 1. The van der Waals surface area contributed by atoms with Gasteiger partial charge >= 0.3 is 0 Å². The van der Waals surface area contributed by atoms with Gasteiger partial charge in [-0.2, -0.15) is 0 Å². The number of rotatable bonds is 2. The Labute approximate surface area is 85.2 Å². The van der Waals surface area contributed by atoms with Crippen LogP contribution >= 0.6 is 11.3 Å². The Morgan fingerprint density at radius 1 is 1.50 bits per heavy atom. The number of ketones is 1. The first kappa shape index (κ1) is 9.34. The monoisotopic (exact) mass is 208 g/mol. The summed E-state index contributed by atoms with van der Waals surface area (Å²) in [7, 11) is 0. The van der Waals surface area contributed by atoms with E-state index in [-0.39, 0.29) is 11.6 Å². The first-order valence-corrected chi connectivity index (χ1v) is 5.20. The maximum absolute atomic E-state index is 13.0. The van der Waals surface area contributed by atoms with Gasteiger partial charge in [0.05, 0.1) is 0 Å². The third-order valence-corrected chi connectivity index (χ3v) is 3.07. The largest absolute Gasteiger partial charge is 0.300 e. The van der Waals surface area contributed by atoms with Crippen molar-refractivity contribution in [1.29, 1.82) is 0 Å². The van der Waals surface area contributed by atoms with Crippen LogP contribution in [0.25, 0.3) is 10.1 Å². The van der Waals surface area contributed by atoms with Crippen LogP contribution < -0.4 is 0 Å². The van der Waals surface area contributed by atoms with Crippen LogP contribution in [-0.2, 0) is 11.2 Å². The third kappa shape index (κ3) is 1.68. The van der Waals surface area contributed by atoms with Gasteiger partial charge < -0.3 is 0 Å². The molecule has 72 valence electrons. The van der Waals surface area contributed by atoms with Crippen molar-refractivity contribution < 1.29 is 9.18 Å². The van der Waals surface area contributed by atoms with Crippen LogP contribution in [0.2, 0.25) is 0 Å². The van der Waals surface area contributed by atoms with Gasteiger partial charge in [-0.15, -0.1) is 11.3 Å². The molecule has 0 aliphatic carbocycles. The van der Waals surface area contributed by atoms with Crippen molar-refractivity contribution in [3.05, 3.63) is 35.0 Å². The Hall–Kier alpha value is -1.22. The first-order chi connectivity index (χ1) is 6.66. The average molecular weight is 208 g/mol. The van der Waals surface area contributed by atoms with E-state index in [1.54, 1.807) is 24.3 Å². The van der Waals surface area contributed by atoms with Crippen molar-refractivity contribution in [3.8, 4) is 0 Å². The highest BCUT2D eigenvalue weighted by Crippen LogP contribution is 2.27. The minimum absolute atomic E-state index is 0.106. The van der Waals surface area contributed by atoms with Crippen LogP contribution in [0.1, 0.15) is 12.5 Å². The Balaban J connectivity index is 2.55. The molecule has 14 heavy (non-hydrogen) atoms. The second-order valence-corrected chi connectivity index (χ2v) is 4.19. The molecule has 0 atom stereocenters. The SMILES string of the molecule is CC(=O)Cc1csc2ccc(F)cc12. The summed E-state index contributed by atoms with van der Waals surface area (Å²) in [6.07, 6.45) is 0.392. The second-order valence-electron chi connectivity index (χ2n) is 3.28. The van der Waals surface area contributed by atoms with Crippen LogP contribution in [0.5, 0.6) is 0 Å². The summed E-state index contributed by atoms with van der Waals surface area (Å²) in [5.74, 6) is -0.144. The summed E-state index contributed by atoms with van der Waals surface area (Å²) in [5.41, 5.74) is 0.928. The van der Waals surface area contributed by atoms with E-state index >= 15 is 0 Å². The van der Waals surface area contributed by atoms with Crippen LogP contribution in [0.15, 0.2) is 23.6 Å². The molecule has 0 amide bonds. The molecule has 0 fully saturated rings. The smallest absolute Gasteiger partial charge is 0.134 e. The Morgan fingerprint density at radius 3 is 3.00 bits per heavy atom. The van der Waals surface area contributed by atoms with Gasteiger partial charge in [-0.1, -0.05) is 0 Å². The predicted molar refractivity (Wildman–Crippen MR) is 56.2 cm³/mol. The van der Waals surface area contributed by atoms with Crippen LogP contribution in [0, 0.1) is 5.82 Å². The lowest BCUT2D eigenvalue weighted by Crippen LogP contribution is -1.94. The molecule has 0 saturated carbocycles. The maximum Gasteiger partial charge on any atom is 0.134 e. The highest BCUT2D eigenvalue weighted by Gasteiger charge is 2.06. The molecule has 1 nitrogen and oxygen atoms in total. The summed E-state index contributed by atoms with van der Waals surface area (Å²) in [6, 6.07) is 4.68. The number of hydrogen-bond donors (Lipinski definition) is 0. The summed E-state index contributed by atoms with van der Waals surface area (Å²) in [6.45, 7) is 1.54.